The lowest BCUT2D eigenvalue weighted by Crippen LogP contribution is -2.33. The Morgan fingerprint density at radius 3 is 2.19 bits per heavy atom. The molecule has 0 aliphatic heterocycles. The van der Waals surface area contributed by atoms with E-state index in [1.54, 1.807) is 31.3 Å². The van der Waals surface area contributed by atoms with Gasteiger partial charge in [-0.05, 0) is 44.8 Å². The number of nitrogens with zero attached hydrogens (tertiary/aromatic N) is 2. The van der Waals surface area contributed by atoms with E-state index in [1.165, 1.54) is 4.31 Å². The number of hydrogen-bond donors (Lipinski definition) is 0. The van der Waals surface area contributed by atoms with Crippen molar-refractivity contribution in [3.05, 3.63) is 24.3 Å². The van der Waals surface area contributed by atoms with Crippen molar-refractivity contribution in [2.24, 2.45) is 0 Å². The van der Waals surface area contributed by atoms with Crippen LogP contribution in [0.2, 0.25) is 0 Å². The first kappa shape index (κ1) is 17.9. The number of unbranched alkanes of at least 4 members (excludes halogenated alkanes) is 1. The van der Waals surface area contributed by atoms with E-state index < -0.39 is 10.0 Å². The minimum absolute atomic E-state index is 0.298. The SMILES string of the molecule is CCCCOc1ccc(S(=O)(=O)N(C)CCN(C)C)cc1. The third-order valence-electron chi connectivity index (χ3n) is 3.16. The molecule has 0 heterocycles. The first-order chi connectivity index (χ1) is 9.87. The van der Waals surface area contributed by atoms with Gasteiger partial charge >= 0.3 is 0 Å². The van der Waals surface area contributed by atoms with Gasteiger partial charge in [0, 0.05) is 20.1 Å². The molecule has 0 aliphatic rings. The van der Waals surface area contributed by atoms with Crippen molar-refractivity contribution in [1.29, 1.82) is 0 Å². The summed E-state index contributed by atoms with van der Waals surface area (Å²) < 4.78 is 31.7. The van der Waals surface area contributed by atoms with E-state index in [9.17, 15) is 8.42 Å². The van der Waals surface area contributed by atoms with Crippen molar-refractivity contribution in [1.82, 2.24) is 9.21 Å². The summed E-state index contributed by atoms with van der Waals surface area (Å²) in [7, 11) is 2.02. The highest BCUT2D eigenvalue weighted by Crippen LogP contribution is 2.19. The second-order valence-electron chi connectivity index (χ2n) is 5.30. The lowest BCUT2D eigenvalue weighted by Gasteiger charge is -2.19. The third kappa shape index (κ3) is 5.65. The molecule has 0 unspecified atom stereocenters. The number of hydrogen-bond acceptors (Lipinski definition) is 4. The molecule has 0 N–H and O–H groups in total. The van der Waals surface area contributed by atoms with Gasteiger partial charge in [0.05, 0.1) is 11.5 Å². The molecule has 0 aromatic heterocycles. The van der Waals surface area contributed by atoms with Gasteiger partial charge in [0.1, 0.15) is 5.75 Å². The highest BCUT2D eigenvalue weighted by atomic mass is 32.2. The summed E-state index contributed by atoms with van der Waals surface area (Å²) in [5.41, 5.74) is 0. The first-order valence-corrected chi connectivity index (χ1v) is 8.66. The summed E-state index contributed by atoms with van der Waals surface area (Å²) >= 11 is 0. The first-order valence-electron chi connectivity index (χ1n) is 7.22. The van der Waals surface area contributed by atoms with Crippen LogP contribution in [0.5, 0.6) is 5.75 Å². The molecule has 0 bridgehead atoms. The predicted octanol–water partition coefficient (Wildman–Crippen LogP) is 2.05. The topological polar surface area (TPSA) is 49.9 Å². The molecule has 21 heavy (non-hydrogen) atoms. The third-order valence-corrected chi connectivity index (χ3v) is 5.03. The molecule has 120 valence electrons. The number of likely N-dealkylation sites (N-methyl/N-ethyl adjacent to an activating group) is 2. The van der Waals surface area contributed by atoms with Crippen molar-refractivity contribution in [2.45, 2.75) is 24.7 Å². The lowest BCUT2D eigenvalue weighted by atomic mass is 10.3. The maximum Gasteiger partial charge on any atom is 0.242 e. The van der Waals surface area contributed by atoms with Gasteiger partial charge in [-0.3, -0.25) is 0 Å². The average molecular weight is 314 g/mol. The molecule has 1 aromatic rings. The van der Waals surface area contributed by atoms with Crippen LogP contribution >= 0.6 is 0 Å². The summed E-state index contributed by atoms with van der Waals surface area (Å²) in [6.07, 6.45) is 2.07. The van der Waals surface area contributed by atoms with Crippen molar-refractivity contribution < 1.29 is 13.2 Å². The van der Waals surface area contributed by atoms with Gasteiger partial charge in [-0.2, -0.15) is 4.31 Å². The highest BCUT2D eigenvalue weighted by Gasteiger charge is 2.20. The van der Waals surface area contributed by atoms with Gasteiger partial charge in [-0.1, -0.05) is 13.3 Å². The molecule has 0 saturated heterocycles. The van der Waals surface area contributed by atoms with Crippen LogP contribution in [0, 0.1) is 0 Å². The number of benzene rings is 1. The molecule has 0 fully saturated rings. The fourth-order valence-corrected chi connectivity index (χ4v) is 2.85. The second kappa shape index (κ2) is 8.36. The fourth-order valence-electron chi connectivity index (χ4n) is 1.68. The van der Waals surface area contributed by atoms with Crippen LogP contribution in [0.3, 0.4) is 0 Å². The Kier molecular flexibility index (Phi) is 7.14. The summed E-state index contributed by atoms with van der Waals surface area (Å²) in [5.74, 6) is 0.707. The van der Waals surface area contributed by atoms with Crippen molar-refractivity contribution in [3.8, 4) is 5.75 Å². The largest absolute Gasteiger partial charge is 0.494 e. The molecular weight excluding hydrogens is 288 g/mol. The van der Waals surface area contributed by atoms with E-state index in [2.05, 4.69) is 6.92 Å². The van der Waals surface area contributed by atoms with Crippen LogP contribution in [-0.2, 0) is 10.0 Å². The fraction of sp³-hybridized carbons (Fsp3) is 0.600. The Morgan fingerprint density at radius 2 is 1.67 bits per heavy atom. The monoisotopic (exact) mass is 314 g/mol. The molecule has 6 heteroatoms. The van der Waals surface area contributed by atoms with E-state index in [0.29, 0.717) is 30.3 Å². The van der Waals surface area contributed by atoms with Crippen molar-refractivity contribution >= 4 is 10.0 Å². The summed E-state index contributed by atoms with van der Waals surface area (Å²) in [6.45, 7) is 3.91. The number of sulfonamides is 1. The minimum atomic E-state index is -3.43. The molecule has 0 aliphatic carbocycles. The molecule has 0 saturated carbocycles. The van der Waals surface area contributed by atoms with E-state index in [4.69, 9.17) is 4.74 Å². The van der Waals surface area contributed by atoms with Gasteiger partial charge in [0.25, 0.3) is 0 Å². The van der Waals surface area contributed by atoms with E-state index in [1.807, 2.05) is 19.0 Å². The summed E-state index contributed by atoms with van der Waals surface area (Å²) in [5, 5.41) is 0. The molecule has 0 radical (unpaired) electrons. The van der Waals surface area contributed by atoms with Crippen LogP contribution < -0.4 is 4.74 Å². The number of ether oxygens (including phenoxy) is 1. The molecular formula is C15H26N2O3S. The molecule has 0 spiro atoms. The standard InChI is InChI=1S/C15H26N2O3S/c1-5-6-13-20-14-7-9-15(10-8-14)21(18,19)17(4)12-11-16(2)3/h7-10H,5-6,11-13H2,1-4H3. The van der Waals surface area contributed by atoms with Crippen molar-refractivity contribution in [2.75, 3.05) is 40.8 Å². The molecule has 0 amide bonds. The summed E-state index contributed by atoms with van der Waals surface area (Å²) in [6, 6.07) is 6.62. The van der Waals surface area contributed by atoms with E-state index in [0.717, 1.165) is 12.8 Å². The Morgan fingerprint density at radius 1 is 1.05 bits per heavy atom. The van der Waals surface area contributed by atoms with Gasteiger partial charge in [-0.25, -0.2) is 8.42 Å². The van der Waals surface area contributed by atoms with Crippen molar-refractivity contribution in [3.63, 3.8) is 0 Å². The predicted molar refractivity (Wildman–Crippen MR) is 85.2 cm³/mol. The second-order valence-corrected chi connectivity index (χ2v) is 7.35. The van der Waals surface area contributed by atoms with E-state index >= 15 is 0 Å². The number of rotatable bonds is 9. The molecule has 1 rings (SSSR count). The van der Waals surface area contributed by atoms with Gasteiger partial charge in [0.2, 0.25) is 10.0 Å². The van der Waals surface area contributed by atoms with Crippen LogP contribution in [0.4, 0.5) is 0 Å². The average Bonchev–Trinajstić information content (AvgIpc) is 2.45. The normalized spacial score (nSPS) is 12.1. The van der Waals surface area contributed by atoms with Crippen LogP contribution in [0.1, 0.15) is 19.8 Å². The van der Waals surface area contributed by atoms with Crippen LogP contribution in [0.25, 0.3) is 0 Å². The maximum atomic E-state index is 12.4. The van der Waals surface area contributed by atoms with E-state index in [-0.39, 0.29) is 0 Å². The zero-order chi connectivity index (χ0) is 15.9. The highest BCUT2D eigenvalue weighted by molar-refractivity contribution is 7.89. The molecule has 1 aromatic carbocycles. The zero-order valence-electron chi connectivity index (χ0n) is 13.4. The lowest BCUT2D eigenvalue weighted by molar-refractivity contribution is 0.309. The van der Waals surface area contributed by atoms with Crippen LogP contribution in [0.15, 0.2) is 29.2 Å². The zero-order valence-corrected chi connectivity index (χ0v) is 14.2. The van der Waals surface area contributed by atoms with Gasteiger partial charge in [0.15, 0.2) is 0 Å². The minimum Gasteiger partial charge on any atom is -0.494 e. The maximum absolute atomic E-state index is 12.4. The van der Waals surface area contributed by atoms with Gasteiger partial charge < -0.3 is 9.64 Å². The Hall–Kier alpha value is -1.11. The molecule has 5 nitrogen and oxygen atoms in total. The van der Waals surface area contributed by atoms with Gasteiger partial charge in [-0.15, -0.1) is 0 Å². The Labute approximate surface area is 128 Å². The Bertz CT molecular complexity index is 512. The molecule has 0 atom stereocenters. The van der Waals surface area contributed by atoms with Crippen LogP contribution in [-0.4, -0.2) is 58.5 Å². The smallest absolute Gasteiger partial charge is 0.242 e. The Balaban J connectivity index is 2.70. The summed E-state index contributed by atoms with van der Waals surface area (Å²) in [4.78, 5) is 2.25. The quantitative estimate of drug-likeness (QED) is 0.655.